The number of nitrogens with zero attached hydrogens (tertiary/aromatic N) is 3. The lowest BCUT2D eigenvalue weighted by molar-refractivity contribution is 0.222. The Morgan fingerprint density at radius 1 is 1.08 bits per heavy atom. The highest BCUT2D eigenvalue weighted by atomic mass is 19.1. The van der Waals surface area contributed by atoms with Gasteiger partial charge in [0.15, 0.2) is 0 Å². The second-order valence-corrected chi connectivity index (χ2v) is 6.86. The molecule has 4 rings (SSSR count). The van der Waals surface area contributed by atoms with E-state index in [0.717, 1.165) is 46.3 Å². The summed E-state index contributed by atoms with van der Waals surface area (Å²) in [4.78, 5) is 6.58. The minimum Gasteiger partial charge on any atom is -0.497 e. The molecule has 0 saturated carbocycles. The van der Waals surface area contributed by atoms with Gasteiger partial charge in [-0.2, -0.15) is 4.39 Å². The Morgan fingerprint density at radius 3 is 2.64 bits per heavy atom. The molecule has 132 valence electrons. The van der Waals surface area contributed by atoms with Gasteiger partial charge in [-0.15, -0.1) is 0 Å². The van der Waals surface area contributed by atoms with Crippen LogP contribution in [-0.4, -0.2) is 41.2 Å². The number of hydrogen-bond donors (Lipinski definition) is 0. The van der Waals surface area contributed by atoms with E-state index in [9.17, 15) is 4.39 Å². The summed E-state index contributed by atoms with van der Waals surface area (Å²) in [6, 6.07) is 7.55. The molecule has 5 heteroatoms. The summed E-state index contributed by atoms with van der Waals surface area (Å²) < 4.78 is 21.6. The van der Waals surface area contributed by atoms with Crippen LogP contribution in [0.3, 0.4) is 0 Å². The monoisotopic (exact) mass is 341 g/mol. The largest absolute Gasteiger partial charge is 0.497 e. The molecule has 0 unspecified atom stereocenters. The lowest BCUT2D eigenvalue weighted by Crippen LogP contribution is -2.32. The molecule has 0 amide bonds. The lowest BCUT2D eigenvalue weighted by atomic mass is 10.1. The summed E-state index contributed by atoms with van der Waals surface area (Å²) in [6.07, 6.45) is 3.91. The van der Waals surface area contributed by atoms with Crippen molar-refractivity contribution in [3.05, 3.63) is 35.9 Å². The molecular weight excluding hydrogens is 317 g/mol. The van der Waals surface area contributed by atoms with Crippen molar-refractivity contribution in [2.24, 2.45) is 0 Å². The van der Waals surface area contributed by atoms with Gasteiger partial charge < -0.3 is 14.2 Å². The van der Waals surface area contributed by atoms with E-state index in [2.05, 4.69) is 14.5 Å². The second kappa shape index (κ2) is 6.64. The number of benzene rings is 1. The van der Waals surface area contributed by atoms with Crippen molar-refractivity contribution in [1.82, 2.24) is 14.5 Å². The van der Waals surface area contributed by atoms with Crippen molar-refractivity contribution in [2.75, 3.05) is 26.7 Å². The fourth-order valence-electron chi connectivity index (χ4n) is 4.04. The molecule has 1 aliphatic heterocycles. The molecule has 3 heterocycles. The third-order valence-corrected chi connectivity index (χ3v) is 5.28. The second-order valence-electron chi connectivity index (χ2n) is 6.86. The van der Waals surface area contributed by atoms with Crippen LogP contribution in [0, 0.1) is 12.9 Å². The number of fused-ring (bicyclic) bond motifs is 3. The molecule has 4 nitrogen and oxygen atoms in total. The van der Waals surface area contributed by atoms with Gasteiger partial charge in [0.05, 0.1) is 23.8 Å². The van der Waals surface area contributed by atoms with Gasteiger partial charge in [-0.05, 0) is 45.0 Å². The highest BCUT2D eigenvalue weighted by molar-refractivity contribution is 6.09. The van der Waals surface area contributed by atoms with Crippen LogP contribution in [0.15, 0.2) is 24.3 Å². The number of likely N-dealkylation sites (tertiary alicyclic amines) is 1. The van der Waals surface area contributed by atoms with Crippen LogP contribution in [-0.2, 0) is 6.54 Å². The highest BCUT2D eigenvalue weighted by Crippen LogP contribution is 2.33. The maximum atomic E-state index is 13.9. The van der Waals surface area contributed by atoms with Gasteiger partial charge in [-0.25, -0.2) is 4.98 Å². The van der Waals surface area contributed by atoms with Crippen molar-refractivity contribution in [1.29, 1.82) is 0 Å². The normalized spacial score (nSPS) is 16.0. The maximum Gasteiger partial charge on any atom is 0.213 e. The standard InChI is InChI=1S/C20H24FN3O/c1-14-20-17(13-19(21)22-14)16-7-6-15(25-2)12-18(16)24(20)11-10-23-8-4-3-5-9-23/h6-7,12-13H,3-5,8-11H2,1-2H3. The molecule has 0 aliphatic carbocycles. The molecule has 0 N–H and O–H groups in total. The molecule has 0 bridgehead atoms. The quantitative estimate of drug-likeness (QED) is 0.669. The first-order valence-electron chi connectivity index (χ1n) is 9.03. The van der Waals surface area contributed by atoms with Crippen molar-refractivity contribution in [3.63, 3.8) is 0 Å². The highest BCUT2D eigenvalue weighted by Gasteiger charge is 2.17. The first kappa shape index (κ1) is 16.3. The molecule has 1 fully saturated rings. The van der Waals surface area contributed by atoms with Crippen molar-refractivity contribution >= 4 is 21.8 Å². The minimum absolute atomic E-state index is 0.420. The van der Waals surface area contributed by atoms with Crippen LogP contribution < -0.4 is 4.74 Å². The lowest BCUT2D eigenvalue weighted by Gasteiger charge is -2.26. The Balaban J connectivity index is 1.83. The van der Waals surface area contributed by atoms with E-state index in [-0.39, 0.29) is 0 Å². The zero-order valence-electron chi connectivity index (χ0n) is 14.9. The molecule has 0 atom stereocenters. The molecule has 2 aromatic heterocycles. The average Bonchev–Trinajstić information content (AvgIpc) is 2.94. The van der Waals surface area contributed by atoms with Gasteiger partial charge in [0, 0.05) is 36.0 Å². The number of methoxy groups -OCH3 is 1. The molecular formula is C20H24FN3O. The van der Waals surface area contributed by atoms with Gasteiger partial charge in [-0.1, -0.05) is 6.42 Å². The van der Waals surface area contributed by atoms with Gasteiger partial charge >= 0.3 is 0 Å². The number of halogens is 1. The SMILES string of the molecule is COc1ccc2c3cc(F)nc(C)c3n(CCN3CCCCC3)c2c1. The molecule has 25 heavy (non-hydrogen) atoms. The topological polar surface area (TPSA) is 30.3 Å². The summed E-state index contributed by atoms with van der Waals surface area (Å²) >= 11 is 0. The number of aryl methyl sites for hydroxylation is 1. The Hall–Kier alpha value is -2.14. The van der Waals surface area contributed by atoms with Crippen molar-refractivity contribution < 1.29 is 9.13 Å². The molecule has 1 saturated heterocycles. The molecule has 1 aromatic carbocycles. The third-order valence-electron chi connectivity index (χ3n) is 5.28. The number of hydrogen-bond acceptors (Lipinski definition) is 3. The van der Waals surface area contributed by atoms with Gasteiger partial charge in [0.25, 0.3) is 0 Å². The van der Waals surface area contributed by atoms with Gasteiger partial charge in [-0.3, -0.25) is 0 Å². The maximum absolute atomic E-state index is 13.9. The van der Waals surface area contributed by atoms with E-state index in [1.165, 1.54) is 32.4 Å². The third kappa shape index (κ3) is 2.97. The summed E-state index contributed by atoms with van der Waals surface area (Å²) in [7, 11) is 1.67. The Bertz CT molecular complexity index is 912. The van der Waals surface area contributed by atoms with Gasteiger partial charge in [0.1, 0.15) is 5.75 Å². The Kier molecular flexibility index (Phi) is 4.34. The predicted molar refractivity (Wildman–Crippen MR) is 98.8 cm³/mol. The van der Waals surface area contributed by atoms with E-state index >= 15 is 0 Å². The van der Waals surface area contributed by atoms with Crippen molar-refractivity contribution in [2.45, 2.75) is 32.7 Å². The van der Waals surface area contributed by atoms with E-state index in [0.29, 0.717) is 0 Å². The number of ether oxygens (including phenoxy) is 1. The smallest absolute Gasteiger partial charge is 0.213 e. The zero-order valence-corrected chi connectivity index (χ0v) is 14.9. The van der Waals surface area contributed by atoms with Crippen LogP contribution in [0.2, 0.25) is 0 Å². The molecule has 0 radical (unpaired) electrons. The molecule has 3 aromatic rings. The summed E-state index contributed by atoms with van der Waals surface area (Å²) in [5.74, 6) is 0.400. The van der Waals surface area contributed by atoms with E-state index < -0.39 is 5.95 Å². The molecule has 1 aliphatic rings. The van der Waals surface area contributed by atoms with Crippen LogP contribution in [0.5, 0.6) is 5.75 Å². The van der Waals surface area contributed by atoms with Crippen LogP contribution in [0.4, 0.5) is 4.39 Å². The summed E-state index contributed by atoms with van der Waals surface area (Å²) in [5, 5.41) is 1.99. The van der Waals surface area contributed by atoms with Crippen LogP contribution in [0.1, 0.15) is 25.0 Å². The number of pyridine rings is 1. The predicted octanol–water partition coefficient (Wildman–Crippen LogP) is 4.13. The van der Waals surface area contributed by atoms with Crippen LogP contribution in [0.25, 0.3) is 21.8 Å². The van der Waals surface area contributed by atoms with Gasteiger partial charge in [0.2, 0.25) is 5.95 Å². The number of piperidine rings is 1. The fraction of sp³-hybridized carbons (Fsp3) is 0.450. The number of rotatable bonds is 4. The first-order valence-corrected chi connectivity index (χ1v) is 9.03. The Morgan fingerprint density at radius 2 is 1.88 bits per heavy atom. The molecule has 0 spiro atoms. The van der Waals surface area contributed by atoms with E-state index in [1.54, 1.807) is 13.2 Å². The average molecular weight is 341 g/mol. The first-order chi connectivity index (χ1) is 12.2. The number of aromatic nitrogens is 2. The van der Waals surface area contributed by atoms with E-state index in [1.807, 2.05) is 25.1 Å². The Labute approximate surface area is 147 Å². The minimum atomic E-state index is -0.420. The van der Waals surface area contributed by atoms with Crippen molar-refractivity contribution in [3.8, 4) is 5.75 Å². The summed E-state index contributed by atoms with van der Waals surface area (Å²) in [6.45, 7) is 6.12. The van der Waals surface area contributed by atoms with E-state index in [4.69, 9.17) is 4.74 Å². The van der Waals surface area contributed by atoms with Crippen LogP contribution >= 0.6 is 0 Å². The fourth-order valence-corrected chi connectivity index (χ4v) is 4.04. The summed E-state index contributed by atoms with van der Waals surface area (Å²) in [5.41, 5.74) is 2.85. The zero-order chi connectivity index (χ0) is 17.4.